The van der Waals surface area contributed by atoms with Gasteiger partial charge in [-0.15, -0.1) is 0 Å². The second-order valence-electron chi connectivity index (χ2n) is 3.87. The third-order valence-electron chi connectivity index (χ3n) is 2.75. The van der Waals surface area contributed by atoms with Crippen LogP contribution in [0.4, 0.5) is 13.2 Å². The van der Waals surface area contributed by atoms with Gasteiger partial charge in [0.2, 0.25) is 0 Å². The molecule has 1 fully saturated rings. The Balaban J connectivity index is 2.29. The average Bonchev–Trinajstić information content (AvgIpc) is 2.14. The third kappa shape index (κ3) is 2.16. The van der Waals surface area contributed by atoms with Gasteiger partial charge in [0.25, 0.3) is 9.84 Å². The van der Waals surface area contributed by atoms with Gasteiger partial charge in [0.15, 0.2) is 0 Å². The number of sulfone groups is 1. The van der Waals surface area contributed by atoms with Crippen LogP contribution in [-0.2, 0) is 9.84 Å². The highest BCUT2D eigenvalue weighted by Gasteiger charge is 2.46. The number of halogens is 3. The molecule has 1 saturated heterocycles. The zero-order valence-corrected chi connectivity index (χ0v) is 9.48. The van der Waals surface area contributed by atoms with Gasteiger partial charge in [-0.2, -0.15) is 13.2 Å². The topological polar surface area (TPSA) is 46.2 Å². The van der Waals surface area contributed by atoms with Gasteiger partial charge in [-0.3, -0.25) is 0 Å². The van der Waals surface area contributed by atoms with Crippen molar-refractivity contribution < 1.29 is 21.6 Å². The lowest BCUT2D eigenvalue weighted by molar-refractivity contribution is -0.0436. The van der Waals surface area contributed by atoms with Crippen LogP contribution in [0.15, 0.2) is 29.2 Å². The highest BCUT2D eigenvalue weighted by atomic mass is 32.2. The van der Waals surface area contributed by atoms with Crippen LogP contribution in [0.25, 0.3) is 0 Å². The van der Waals surface area contributed by atoms with Gasteiger partial charge in [-0.25, -0.2) is 8.42 Å². The van der Waals surface area contributed by atoms with Crippen molar-refractivity contribution in [2.24, 2.45) is 0 Å². The number of alkyl halides is 3. The number of hydrogen-bond acceptors (Lipinski definition) is 3. The van der Waals surface area contributed by atoms with Crippen molar-refractivity contribution in [3.8, 4) is 0 Å². The van der Waals surface area contributed by atoms with E-state index >= 15 is 0 Å². The van der Waals surface area contributed by atoms with E-state index in [1.54, 1.807) is 0 Å². The summed E-state index contributed by atoms with van der Waals surface area (Å²) in [5.74, 6) is 0.262. The summed E-state index contributed by atoms with van der Waals surface area (Å²) >= 11 is 0. The van der Waals surface area contributed by atoms with Gasteiger partial charge in [0.1, 0.15) is 0 Å². The molecule has 3 nitrogen and oxygen atoms in total. The normalized spacial score (nSPS) is 17.8. The first-order chi connectivity index (χ1) is 7.82. The first-order valence-corrected chi connectivity index (χ1v) is 6.43. The summed E-state index contributed by atoms with van der Waals surface area (Å²) in [5.41, 5.74) is -4.39. The van der Waals surface area contributed by atoms with Crippen LogP contribution < -0.4 is 5.32 Å². The maximum absolute atomic E-state index is 12.3. The van der Waals surface area contributed by atoms with Crippen molar-refractivity contribution in [2.75, 3.05) is 13.1 Å². The zero-order chi connectivity index (χ0) is 12.7. The smallest absolute Gasteiger partial charge is 0.315 e. The van der Waals surface area contributed by atoms with Crippen LogP contribution in [-0.4, -0.2) is 27.0 Å². The molecule has 1 heterocycles. The maximum Gasteiger partial charge on any atom is 0.501 e. The van der Waals surface area contributed by atoms with E-state index in [9.17, 15) is 21.6 Å². The molecule has 0 amide bonds. The van der Waals surface area contributed by atoms with E-state index in [-0.39, 0.29) is 5.92 Å². The fourth-order valence-electron chi connectivity index (χ4n) is 1.58. The molecule has 1 N–H and O–H groups in total. The van der Waals surface area contributed by atoms with Crippen LogP contribution in [0.3, 0.4) is 0 Å². The Labute approximate surface area is 96.6 Å². The largest absolute Gasteiger partial charge is 0.501 e. The van der Waals surface area contributed by atoms with Crippen LogP contribution in [0.2, 0.25) is 0 Å². The van der Waals surface area contributed by atoms with E-state index in [2.05, 4.69) is 5.32 Å². The van der Waals surface area contributed by atoms with Gasteiger partial charge >= 0.3 is 5.51 Å². The Morgan fingerprint density at radius 2 is 1.65 bits per heavy atom. The van der Waals surface area contributed by atoms with E-state index in [1.807, 2.05) is 0 Å². The molecule has 17 heavy (non-hydrogen) atoms. The number of rotatable bonds is 2. The molecule has 2 rings (SSSR count). The summed E-state index contributed by atoms with van der Waals surface area (Å²) in [5, 5.41) is 3.03. The quantitative estimate of drug-likeness (QED) is 0.884. The second kappa shape index (κ2) is 3.99. The predicted octanol–water partition coefficient (Wildman–Crippen LogP) is 1.67. The third-order valence-corrected chi connectivity index (χ3v) is 4.25. The van der Waals surface area contributed by atoms with E-state index in [0.29, 0.717) is 0 Å². The average molecular weight is 265 g/mol. The Bertz CT molecular complexity index is 503. The van der Waals surface area contributed by atoms with Gasteiger partial charge < -0.3 is 5.32 Å². The van der Waals surface area contributed by atoms with Crippen molar-refractivity contribution in [3.05, 3.63) is 29.8 Å². The molecule has 0 atom stereocenters. The van der Waals surface area contributed by atoms with Crippen molar-refractivity contribution in [1.29, 1.82) is 0 Å². The van der Waals surface area contributed by atoms with Gasteiger partial charge in [0, 0.05) is 19.0 Å². The molecule has 1 aliphatic rings. The zero-order valence-electron chi connectivity index (χ0n) is 8.66. The summed E-state index contributed by atoms with van der Waals surface area (Å²) in [6.45, 7) is 1.54. The Kier molecular flexibility index (Phi) is 2.90. The standard InChI is InChI=1S/C10H10F3NO2S/c11-10(12,13)17(15,16)9-3-1-7(2-4-9)8-5-14-6-8/h1-4,8,14H,5-6H2. The lowest BCUT2D eigenvalue weighted by Crippen LogP contribution is -2.39. The Hall–Kier alpha value is -1.08. The van der Waals surface area contributed by atoms with Crippen LogP contribution in [0.5, 0.6) is 0 Å². The molecule has 1 aliphatic heterocycles. The summed E-state index contributed by atoms with van der Waals surface area (Å²) in [7, 11) is -5.22. The fourth-order valence-corrected chi connectivity index (χ4v) is 2.34. The van der Waals surface area contributed by atoms with Crippen LogP contribution >= 0.6 is 0 Å². The van der Waals surface area contributed by atoms with Crippen LogP contribution in [0.1, 0.15) is 11.5 Å². The molecule has 7 heteroatoms. The Morgan fingerprint density at radius 1 is 1.12 bits per heavy atom. The summed E-state index contributed by atoms with van der Waals surface area (Å²) in [4.78, 5) is -0.707. The fraction of sp³-hybridized carbons (Fsp3) is 0.400. The Morgan fingerprint density at radius 3 is 2.00 bits per heavy atom. The number of hydrogen-bond donors (Lipinski definition) is 1. The molecule has 0 saturated carbocycles. The molecular weight excluding hydrogens is 255 g/mol. The van der Waals surface area contributed by atoms with Crippen molar-refractivity contribution >= 4 is 9.84 Å². The lowest BCUT2D eigenvalue weighted by Gasteiger charge is -2.27. The van der Waals surface area contributed by atoms with Gasteiger partial charge in [-0.1, -0.05) is 12.1 Å². The van der Waals surface area contributed by atoms with Crippen molar-refractivity contribution in [2.45, 2.75) is 16.3 Å². The van der Waals surface area contributed by atoms with E-state index in [4.69, 9.17) is 0 Å². The van der Waals surface area contributed by atoms with E-state index < -0.39 is 20.2 Å². The van der Waals surface area contributed by atoms with Crippen molar-refractivity contribution in [3.63, 3.8) is 0 Å². The number of benzene rings is 1. The molecular formula is C10H10F3NO2S. The van der Waals surface area contributed by atoms with E-state index in [1.165, 1.54) is 12.1 Å². The molecule has 0 spiro atoms. The maximum atomic E-state index is 12.3. The van der Waals surface area contributed by atoms with Crippen molar-refractivity contribution in [1.82, 2.24) is 5.32 Å². The molecule has 0 aromatic heterocycles. The first kappa shape index (κ1) is 12.4. The molecule has 1 aromatic rings. The lowest BCUT2D eigenvalue weighted by atomic mass is 9.94. The summed E-state index contributed by atoms with van der Waals surface area (Å²) in [6.07, 6.45) is 0. The second-order valence-corrected chi connectivity index (χ2v) is 5.81. The van der Waals surface area contributed by atoms with Crippen LogP contribution in [0, 0.1) is 0 Å². The minimum absolute atomic E-state index is 0.262. The molecule has 0 unspecified atom stereocenters. The summed E-state index contributed by atoms with van der Waals surface area (Å²) in [6, 6.07) is 4.89. The molecule has 1 aromatic carbocycles. The first-order valence-electron chi connectivity index (χ1n) is 4.94. The monoisotopic (exact) mass is 265 g/mol. The molecule has 94 valence electrons. The minimum atomic E-state index is -5.24. The molecule has 0 bridgehead atoms. The van der Waals surface area contributed by atoms with E-state index in [0.717, 1.165) is 30.8 Å². The van der Waals surface area contributed by atoms with Gasteiger partial charge in [0.05, 0.1) is 4.90 Å². The SMILES string of the molecule is O=S(=O)(c1ccc(C2CNC2)cc1)C(F)(F)F. The summed E-state index contributed by atoms with van der Waals surface area (Å²) < 4.78 is 58.9. The highest BCUT2D eigenvalue weighted by Crippen LogP contribution is 2.31. The molecule has 0 aliphatic carbocycles. The highest BCUT2D eigenvalue weighted by molar-refractivity contribution is 7.92. The number of nitrogens with one attached hydrogen (secondary N) is 1. The molecule has 0 radical (unpaired) electrons. The van der Waals surface area contributed by atoms with Gasteiger partial charge in [-0.05, 0) is 17.7 Å². The minimum Gasteiger partial charge on any atom is -0.315 e. The predicted molar refractivity (Wildman–Crippen MR) is 55.3 cm³/mol.